The van der Waals surface area contributed by atoms with Gasteiger partial charge >= 0.3 is 0 Å². The van der Waals surface area contributed by atoms with Crippen molar-refractivity contribution in [2.24, 2.45) is 5.73 Å². The maximum Gasteiger partial charge on any atom is 0.144 e. The summed E-state index contributed by atoms with van der Waals surface area (Å²) in [6.45, 7) is 1.50. The average Bonchev–Trinajstić information content (AvgIpc) is 2.86. The molecule has 1 aliphatic heterocycles. The van der Waals surface area contributed by atoms with E-state index in [0.29, 0.717) is 6.54 Å². The summed E-state index contributed by atoms with van der Waals surface area (Å²) in [4.78, 5) is 4.77. The monoisotopic (exact) mass is 335 g/mol. The third-order valence-corrected chi connectivity index (χ3v) is 4.29. The third-order valence-electron chi connectivity index (χ3n) is 3.80. The topological polar surface area (TPSA) is 53.1 Å². The van der Waals surface area contributed by atoms with Crippen LogP contribution < -0.4 is 10.5 Å². The normalized spacial score (nSPS) is 14.2. The van der Waals surface area contributed by atoms with Crippen molar-refractivity contribution in [1.82, 2.24) is 9.55 Å². The minimum absolute atomic E-state index is 0.492. The van der Waals surface area contributed by atoms with Crippen molar-refractivity contribution in [3.05, 3.63) is 34.1 Å². The molecule has 1 aromatic carbocycles. The molecular weight excluding hydrogens is 318 g/mol. The molecule has 0 atom stereocenters. The molecule has 5 heteroatoms. The van der Waals surface area contributed by atoms with E-state index in [1.54, 1.807) is 7.11 Å². The summed E-state index contributed by atoms with van der Waals surface area (Å²) in [5.41, 5.74) is 9.17. The lowest BCUT2D eigenvalue weighted by atomic mass is 10.1. The highest BCUT2D eigenvalue weighted by atomic mass is 79.9. The Morgan fingerprint density at radius 3 is 3.00 bits per heavy atom. The van der Waals surface area contributed by atoms with Crippen LogP contribution in [0.2, 0.25) is 0 Å². The molecule has 0 bridgehead atoms. The summed E-state index contributed by atoms with van der Waals surface area (Å²) in [6, 6.07) is 6.00. The first-order valence-corrected chi connectivity index (χ1v) is 7.66. The highest BCUT2D eigenvalue weighted by Gasteiger charge is 2.22. The number of methoxy groups -OCH3 is 1. The SMILES string of the molecule is COc1ccc(Br)cc1-c1nc(CN)c2n1CCCC2. The minimum Gasteiger partial charge on any atom is -0.496 e. The third kappa shape index (κ3) is 2.25. The van der Waals surface area contributed by atoms with Crippen LogP contribution in [0.3, 0.4) is 0 Å². The first-order chi connectivity index (χ1) is 9.74. The zero-order chi connectivity index (χ0) is 14.1. The first kappa shape index (κ1) is 13.6. The molecule has 20 heavy (non-hydrogen) atoms. The standard InChI is InChI=1S/C15H18BrN3O/c1-20-14-6-5-10(16)8-11(14)15-18-12(9-17)13-4-2-3-7-19(13)15/h5-6,8H,2-4,7,9,17H2,1H3. The number of aromatic nitrogens is 2. The van der Waals surface area contributed by atoms with Crippen molar-refractivity contribution in [3.63, 3.8) is 0 Å². The molecule has 0 fully saturated rings. The second-order valence-corrected chi connectivity index (χ2v) is 5.90. The lowest BCUT2D eigenvalue weighted by Crippen LogP contribution is -2.13. The van der Waals surface area contributed by atoms with Gasteiger partial charge in [0, 0.05) is 23.3 Å². The van der Waals surface area contributed by atoms with Crippen molar-refractivity contribution in [3.8, 4) is 17.1 Å². The fourth-order valence-corrected chi connectivity index (χ4v) is 3.20. The van der Waals surface area contributed by atoms with Gasteiger partial charge in [0.2, 0.25) is 0 Å². The summed E-state index contributed by atoms with van der Waals surface area (Å²) in [6.07, 6.45) is 3.47. The van der Waals surface area contributed by atoms with Crippen LogP contribution in [0.25, 0.3) is 11.4 Å². The number of nitrogens with two attached hydrogens (primary N) is 1. The molecule has 2 heterocycles. The van der Waals surface area contributed by atoms with Gasteiger partial charge in [-0.25, -0.2) is 4.98 Å². The Labute approximate surface area is 127 Å². The summed E-state index contributed by atoms with van der Waals surface area (Å²) in [7, 11) is 1.69. The number of rotatable bonds is 3. The van der Waals surface area contributed by atoms with E-state index in [-0.39, 0.29) is 0 Å². The number of halogens is 1. The largest absolute Gasteiger partial charge is 0.496 e. The number of ether oxygens (including phenoxy) is 1. The number of benzene rings is 1. The van der Waals surface area contributed by atoms with Crippen LogP contribution in [0.5, 0.6) is 5.75 Å². The van der Waals surface area contributed by atoms with Gasteiger partial charge in [0.1, 0.15) is 11.6 Å². The van der Waals surface area contributed by atoms with Crippen LogP contribution in [0, 0.1) is 0 Å². The van der Waals surface area contributed by atoms with Crippen molar-refractivity contribution < 1.29 is 4.74 Å². The number of fused-ring (bicyclic) bond motifs is 1. The van der Waals surface area contributed by atoms with Crippen LogP contribution in [-0.4, -0.2) is 16.7 Å². The molecule has 0 amide bonds. The summed E-state index contributed by atoms with van der Waals surface area (Å²) in [5, 5.41) is 0. The molecule has 0 spiro atoms. The van der Waals surface area contributed by atoms with Gasteiger partial charge in [0.15, 0.2) is 0 Å². The Morgan fingerprint density at radius 1 is 1.40 bits per heavy atom. The van der Waals surface area contributed by atoms with Crippen LogP contribution in [0.15, 0.2) is 22.7 Å². The fraction of sp³-hybridized carbons (Fsp3) is 0.400. The van der Waals surface area contributed by atoms with Gasteiger partial charge in [-0.05, 0) is 37.5 Å². The average molecular weight is 336 g/mol. The molecule has 2 aromatic rings. The molecule has 1 aromatic heterocycles. The van der Waals surface area contributed by atoms with Crippen molar-refractivity contribution in [2.45, 2.75) is 32.4 Å². The predicted molar refractivity (Wildman–Crippen MR) is 82.7 cm³/mol. The van der Waals surface area contributed by atoms with E-state index < -0.39 is 0 Å². The van der Waals surface area contributed by atoms with Crippen molar-refractivity contribution >= 4 is 15.9 Å². The molecule has 3 rings (SSSR count). The maximum atomic E-state index is 5.85. The van der Waals surface area contributed by atoms with Gasteiger partial charge in [0.25, 0.3) is 0 Å². The van der Waals surface area contributed by atoms with E-state index in [1.807, 2.05) is 12.1 Å². The van der Waals surface area contributed by atoms with Crippen molar-refractivity contribution in [2.75, 3.05) is 7.11 Å². The van der Waals surface area contributed by atoms with Gasteiger partial charge in [-0.3, -0.25) is 0 Å². The number of hydrogen-bond donors (Lipinski definition) is 1. The van der Waals surface area contributed by atoms with Crippen LogP contribution >= 0.6 is 15.9 Å². The Bertz CT molecular complexity index is 636. The second kappa shape index (κ2) is 5.58. The summed E-state index contributed by atoms with van der Waals surface area (Å²) >= 11 is 3.53. The Kier molecular flexibility index (Phi) is 3.81. The highest BCUT2D eigenvalue weighted by Crippen LogP contribution is 2.35. The predicted octanol–water partition coefficient (Wildman–Crippen LogP) is 3.12. The highest BCUT2D eigenvalue weighted by molar-refractivity contribution is 9.10. The zero-order valence-electron chi connectivity index (χ0n) is 11.5. The molecule has 2 N–H and O–H groups in total. The van der Waals surface area contributed by atoms with Crippen LogP contribution in [-0.2, 0) is 19.5 Å². The van der Waals surface area contributed by atoms with Gasteiger partial charge in [-0.1, -0.05) is 15.9 Å². The van der Waals surface area contributed by atoms with Gasteiger partial charge in [-0.15, -0.1) is 0 Å². The van der Waals surface area contributed by atoms with Crippen LogP contribution in [0.4, 0.5) is 0 Å². The van der Waals surface area contributed by atoms with E-state index in [0.717, 1.165) is 40.3 Å². The summed E-state index contributed by atoms with van der Waals surface area (Å²) < 4.78 is 8.81. The fourth-order valence-electron chi connectivity index (χ4n) is 2.84. The lowest BCUT2D eigenvalue weighted by Gasteiger charge is -2.18. The van der Waals surface area contributed by atoms with E-state index in [9.17, 15) is 0 Å². The van der Waals surface area contributed by atoms with Gasteiger partial charge in [-0.2, -0.15) is 0 Å². The van der Waals surface area contributed by atoms with E-state index in [1.165, 1.54) is 18.5 Å². The minimum atomic E-state index is 0.492. The second-order valence-electron chi connectivity index (χ2n) is 4.99. The maximum absolute atomic E-state index is 5.85. The van der Waals surface area contributed by atoms with Gasteiger partial charge in [0.05, 0.1) is 18.4 Å². The van der Waals surface area contributed by atoms with Gasteiger partial charge < -0.3 is 15.0 Å². The van der Waals surface area contributed by atoms with Crippen molar-refractivity contribution in [1.29, 1.82) is 0 Å². The summed E-state index contributed by atoms with van der Waals surface area (Å²) in [5.74, 6) is 1.81. The quantitative estimate of drug-likeness (QED) is 0.937. The van der Waals surface area contributed by atoms with Crippen LogP contribution in [0.1, 0.15) is 24.2 Å². The Morgan fingerprint density at radius 2 is 2.25 bits per heavy atom. The van der Waals surface area contributed by atoms with E-state index >= 15 is 0 Å². The molecule has 0 saturated carbocycles. The Balaban J connectivity index is 2.19. The molecule has 0 radical (unpaired) electrons. The van der Waals surface area contributed by atoms with E-state index in [4.69, 9.17) is 15.5 Å². The smallest absolute Gasteiger partial charge is 0.144 e. The number of hydrogen-bond acceptors (Lipinski definition) is 3. The lowest BCUT2D eigenvalue weighted by molar-refractivity contribution is 0.415. The first-order valence-electron chi connectivity index (χ1n) is 6.87. The molecular formula is C15H18BrN3O. The molecule has 4 nitrogen and oxygen atoms in total. The molecule has 1 aliphatic rings. The molecule has 0 unspecified atom stereocenters. The zero-order valence-corrected chi connectivity index (χ0v) is 13.1. The number of imidazole rings is 1. The molecule has 0 saturated heterocycles. The number of nitrogens with zero attached hydrogens (tertiary/aromatic N) is 2. The molecule has 0 aliphatic carbocycles. The molecule has 106 valence electrons. The van der Waals surface area contributed by atoms with E-state index in [2.05, 4.69) is 26.6 Å². The Hall–Kier alpha value is -1.33.